The third-order valence-electron chi connectivity index (χ3n) is 6.82. The lowest BCUT2D eigenvalue weighted by Crippen LogP contribution is -2.05. The van der Waals surface area contributed by atoms with E-state index in [-0.39, 0.29) is 5.92 Å². The molecule has 2 heteroatoms. The average Bonchev–Trinajstić information content (AvgIpc) is 2.97. The number of ether oxygens (including phenoxy) is 1. The summed E-state index contributed by atoms with van der Waals surface area (Å²) in [6.45, 7) is 10.9. The Balaban J connectivity index is 2.01. The molecule has 0 atom stereocenters. The molecule has 0 spiro atoms. The SMILES string of the molecule is COc1cccc(-c2cc(C)cc(-c3ccccc3)c2O)c1C1C(C)=C(C)C(C)=C1C. The van der Waals surface area contributed by atoms with Gasteiger partial charge in [-0.3, -0.25) is 0 Å². The van der Waals surface area contributed by atoms with Crippen molar-refractivity contribution < 1.29 is 9.84 Å². The Morgan fingerprint density at radius 3 is 1.94 bits per heavy atom. The van der Waals surface area contributed by atoms with Crippen molar-refractivity contribution >= 4 is 0 Å². The lowest BCUT2D eigenvalue weighted by Gasteiger charge is -2.24. The molecule has 0 bridgehead atoms. The van der Waals surface area contributed by atoms with Gasteiger partial charge in [-0.05, 0) is 80.7 Å². The second-order valence-corrected chi connectivity index (χ2v) is 8.55. The van der Waals surface area contributed by atoms with Crippen molar-refractivity contribution in [2.45, 2.75) is 40.5 Å². The van der Waals surface area contributed by atoms with Crippen molar-refractivity contribution in [2.75, 3.05) is 7.11 Å². The van der Waals surface area contributed by atoms with Crippen molar-refractivity contribution in [3.8, 4) is 33.8 Å². The number of phenols is 1. The molecular weight excluding hydrogens is 380 g/mol. The van der Waals surface area contributed by atoms with Crippen molar-refractivity contribution in [3.63, 3.8) is 0 Å². The van der Waals surface area contributed by atoms with Crippen molar-refractivity contribution in [3.05, 3.63) is 94.1 Å². The van der Waals surface area contributed by atoms with Crippen LogP contribution in [0.4, 0.5) is 0 Å². The fraction of sp³-hybridized carbons (Fsp3) is 0.241. The second-order valence-electron chi connectivity index (χ2n) is 8.55. The summed E-state index contributed by atoms with van der Waals surface area (Å²) in [5.41, 5.74) is 11.3. The number of allylic oxidation sites excluding steroid dienone is 4. The number of hydrogen-bond acceptors (Lipinski definition) is 2. The van der Waals surface area contributed by atoms with Crippen LogP contribution in [0.2, 0.25) is 0 Å². The van der Waals surface area contributed by atoms with Gasteiger partial charge in [-0.25, -0.2) is 0 Å². The standard InChI is InChI=1S/C29H30O2/c1-17-15-24(22-11-8-7-9-12-22)29(30)25(16-17)23-13-10-14-26(31-6)28(23)27-20(4)18(2)19(3)21(27)5/h7-16,27,30H,1-6H3. The topological polar surface area (TPSA) is 29.5 Å². The number of rotatable bonds is 4. The first-order valence-corrected chi connectivity index (χ1v) is 10.8. The Kier molecular flexibility index (Phi) is 5.49. The zero-order chi connectivity index (χ0) is 22.3. The largest absolute Gasteiger partial charge is 0.507 e. The van der Waals surface area contributed by atoms with E-state index in [1.54, 1.807) is 7.11 Å². The molecule has 0 fully saturated rings. The lowest BCUT2D eigenvalue weighted by molar-refractivity contribution is 0.409. The molecule has 0 saturated carbocycles. The Bertz CT molecular complexity index is 1190. The molecule has 0 saturated heterocycles. The first-order valence-electron chi connectivity index (χ1n) is 10.8. The molecule has 4 rings (SSSR count). The van der Waals surface area contributed by atoms with Crippen LogP contribution in [0.25, 0.3) is 22.3 Å². The van der Waals surface area contributed by atoms with Gasteiger partial charge >= 0.3 is 0 Å². The molecular formula is C29H30O2. The van der Waals surface area contributed by atoms with Crippen LogP contribution in [0.15, 0.2) is 83.0 Å². The van der Waals surface area contributed by atoms with E-state index in [0.29, 0.717) is 5.75 Å². The lowest BCUT2D eigenvalue weighted by atomic mass is 9.82. The zero-order valence-electron chi connectivity index (χ0n) is 19.2. The van der Waals surface area contributed by atoms with Gasteiger partial charge in [0.05, 0.1) is 7.11 Å². The minimum Gasteiger partial charge on any atom is -0.507 e. The van der Waals surface area contributed by atoms with Gasteiger partial charge in [-0.1, -0.05) is 53.6 Å². The average molecular weight is 411 g/mol. The predicted octanol–water partition coefficient (Wildman–Crippen LogP) is 7.81. The Hall–Kier alpha value is -3.26. The van der Waals surface area contributed by atoms with Crippen LogP contribution in [-0.2, 0) is 0 Å². The highest BCUT2D eigenvalue weighted by atomic mass is 16.5. The Labute approximate surface area is 185 Å². The van der Waals surface area contributed by atoms with Crippen LogP contribution >= 0.6 is 0 Å². The van der Waals surface area contributed by atoms with Gasteiger partial charge < -0.3 is 9.84 Å². The van der Waals surface area contributed by atoms with Gasteiger partial charge in [-0.15, -0.1) is 0 Å². The summed E-state index contributed by atoms with van der Waals surface area (Å²) in [7, 11) is 1.72. The number of hydrogen-bond donors (Lipinski definition) is 1. The van der Waals surface area contributed by atoms with Crippen LogP contribution in [-0.4, -0.2) is 12.2 Å². The Morgan fingerprint density at radius 2 is 1.32 bits per heavy atom. The van der Waals surface area contributed by atoms with Crippen LogP contribution in [0, 0.1) is 6.92 Å². The summed E-state index contributed by atoms with van der Waals surface area (Å²) in [4.78, 5) is 0. The molecule has 158 valence electrons. The highest BCUT2D eigenvalue weighted by Crippen LogP contribution is 2.51. The van der Waals surface area contributed by atoms with E-state index in [9.17, 15) is 5.11 Å². The van der Waals surface area contributed by atoms with Gasteiger partial charge in [0.25, 0.3) is 0 Å². The monoisotopic (exact) mass is 410 g/mol. The molecule has 1 aliphatic carbocycles. The highest BCUT2D eigenvalue weighted by Gasteiger charge is 2.31. The molecule has 31 heavy (non-hydrogen) atoms. The Morgan fingerprint density at radius 1 is 0.710 bits per heavy atom. The maximum atomic E-state index is 11.4. The maximum absolute atomic E-state index is 11.4. The third kappa shape index (κ3) is 3.46. The summed E-state index contributed by atoms with van der Waals surface area (Å²) in [5, 5.41) is 11.4. The number of phenolic OH excluding ortho intramolecular Hbond substituents is 1. The van der Waals surface area contributed by atoms with Gasteiger partial charge in [0, 0.05) is 22.6 Å². The van der Waals surface area contributed by atoms with E-state index in [1.807, 2.05) is 48.5 Å². The summed E-state index contributed by atoms with van der Waals surface area (Å²) in [6.07, 6.45) is 0. The van der Waals surface area contributed by atoms with Gasteiger partial charge in [0.15, 0.2) is 0 Å². The minimum atomic E-state index is 0.145. The molecule has 0 aliphatic heterocycles. The van der Waals surface area contributed by atoms with Gasteiger partial charge in [-0.2, -0.15) is 0 Å². The minimum absolute atomic E-state index is 0.145. The van der Waals surface area contributed by atoms with Gasteiger partial charge in [0.1, 0.15) is 11.5 Å². The third-order valence-corrected chi connectivity index (χ3v) is 6.82. The van der Waals surface area contributed by atoms with Crippen LogP contribution < -0.4 is 4.74 Å². The van der Waals surface area contributed by atoms with E-state index in [4.69, 9.17) is 4.74 Å². The van der Waals surface area contributed by atoms with Crippen LogP contribution in [0.3, 0.4) is 0 Å². The molecule has 3 aromatic carbocycles. The van der Waals surface area contributed by atoms with Crippen molar-refractivity contribution in [2.24, 2.45) is 0 Å². The van der Waals surface area contributed by atoms with E-state index in [1.165, 1.54) is 22.3 Å². The maximum Gasteiger partial charge on any atom is 0.131 e. The molecule has 0 heterocycles. The molecule has 3 aromatic rings. The number of aryl methyl sites for hydroxylation is 1. The molecule has 0 amide bonds. The molecule has 1 aliphatic rings. The quantitative estimate of drug-likeness (QED) is 0.475. The summed E-state index contributed by atoms with van der Waals surface area (Å²) >= 11 is 0. The van der Waals surface area contributed by atoms with Crippen LogP contribution in [0.5, 0.6) is 11.5 Å². The molecule has 0 unspecified atom stereocenters. The molecule has 0 aromatic heterocycles. The zero-order valence-corrected chi connectivity index (χ0v) is 19.2. The van der Waals surface area contributed by atoms with E-state index in [0.717, 1.165) is 39.1 Å². The number of methoxy groups -OCH3 is 1. The fourth-order valence-corrected chi connectivity index (χ4v) is 4.86. The normalized spacial score (nSPS) is 14.5. The summed E-state index contributed by atoms with van der Waals surface area (Å²) in [5.74, 6) is 1.30. The predicted molar refractivity (Wildman–Crippen MR) is 130 cm³/mol. The van der Waals surface area contributed by atoms with E-state index in [2.05, 4.69) is 46.8 Å². The van der Waals surface area contributed by atoms with Gasteiger partial charge in [0.2, 0.25) is 0 Å². The smallest absolute Gasteiger partial charge is 0.131 e. The van der Waals surface area contributed by atoms with Crippen molar-refractivity contribution in [1.82, 2.24) is 0 Å². The summed E-state index contributed by atoms with van der Waals surface area (Å²) < 4.78 is 5.85. The first-order chi connectivity index (χ1) is 14.8. The molecule has 1 N–H and O–H groups in total. The second kappa shape index (κ2) is 8.11. The molecule has 0 radical (unpaired) electrons. The van der Waals surface area contributed by atoms with Crippen molar-refractivity contribution in [1.29, 1.82) is 0 Å². The first kappa shape index (κ1) is 21.0. The highest BCUT2D eigenvalue weighted by molar-refractivity contribution is 5.86. The summed E-state index contributed by atoms with van der Waals surface area (Å²) in [6, 6.07) is 20.3. The van der Waals surface area contributed by atoms with E-state index < -0.39 is 0 Å². The number of aromatic hydroxyl groups is 1. The fourth-order valence-electron chi connectivity index (χ4n) is 4.86. The number of benzene rings is 3. The van der Waals surface area contributed by atoms with Crippen LogP contribution in [0.1, 0.15) is 44.7 Å². The molecule has 2 nitrogen and oxygen atoms in total. The van der Waals surface area contributed by atoms with E-state index >= 15 is 0 Å².